The molecule has 3 rings (SSSR count). The first-order chi connectivity index (χ1) is 10.8. The summed E-state index contributed by atoms with van der Waals surface area (Å²) < 4.78 is 0. The van der Waals surface area contributed by atoms with E-state index >= 15 is 0 Å². The van der Waals surface area contributed by atoms with Crippen molar-refractivity contribution in [1.82, 2.24) is 0 Å². The van der Waals surface area contributed by atoms with Gasteiger partial charge in [-0.05, 0) is 37.2 Å². The Morgan fingerprint density at radius 2 is 1.32 bits per heavy atom. The molecule has 0 spiro atoms. The van der Waals surface area contributed by atoms with Crippen LogP contribution in [-0.4, -0.2) is 12.0 Å². The molecule has 0 unspecified atom stereocenters. The third kappa shape index (κ3) is 6.08. The fourth-order valence-electron chi connectivity index (χ4n) is 3.58. The van der Waals surface area contributed by atoms with Crippen molar-refractivity contribution in [2.45, 2.75) is 76.2 Å². The molecule has 0 bridgehead atoms. The quantitative estimate of drug-likeness (QED) is 0.631. The van der Waals surface area contributed by atoms with Crippen molar-refractivity contribution in [3.05, 3.63) is 35.9 Å². The molecule has 2 aliphatic rings. The van der Waals surface area contributed by atoms with Crippen LogP contribution in [0.1, 0.15) is 75.7 Å². The van der Waals surface area contributed by atoms with Gasteiger partial charge in [0.1, 0.15) is 0 Å². The van der Waals surface area contributed by atoms with Gasteiger partial charge in [0, 0.05) is 0 Å². The smallest absolute Gasteiger partial charge is 0.186 e. The van der Waals surface area contributed by atoms with Gasteiger partial charge in [-0.1, -0.05) is 68.9 Å². The molecule has 2 fully saturated rings. The van der Waals surface area contributed by atoms with E-state index in [1.54, 1.807) is 5.56 Å². The first kappa shape index (κ1) is 16.9. The van der Waals surface area contributed by atoms with Gasteiger partial charge in [-0.15, -0.1) is 0 Å². The standard InChI is InChI=1S/C12H16.C7H15N3/c1-3-7-11(8-4-1)12-9-5-2-6-10-12;8-7(9)10-6-4-2-1-3-5-6/h1,3-4,7-8,12H,2,5-6,9-10H2;6H,1-5H2,(H4,8,9,10). The zero-order valence-electron chi connectivity index (χ0n) is 13.7. The van der Waals surface area contributed by atoms with E-state index in [4.69, 9.17) is 11.5 Å². The fraction of sp³-hybridized carbons (Fsp3) is 0.632. The molecule has 0 atom stereocenters. The van der Waals surface area contributed by atoms with Crippen LogP contribution in [0, 0.1) is 0 Å². The zero-order valence-corrected chi connectivity index (χ0v) is 13.7. The van der Waals surface area contributed by atoms with E-state index in [2.05, 4.69) is 35.3 Å². The second-order valence-electron chi connectivity index (χ2n) is 6.59. The van der Waals surface area contributed by atoms with Crippen LogP contribution in [0.5, 0.6) is 0 Å². The molecule has 4 N–H and O–H groups in total. The van der Waals surface area contributed by atoms with Crippen LogP contribution in [0.3, 0.4) is 0 Å². The summed E-state index contributed by atoms with van der Waals surface area (Å²) in [5, 5.41) is 0. The van der Waals surface area contributed by atoms with Crippen LogP contribution in [0.15, 0.2) is 35.3 Å². The molecule has 0 heterocycles. The van der Waals surface area contributed by atoms with Gasteiger partial charge in [0.2, 0.25) is 0 Å². The monoisotopic (exact) mass is 301 g/mol. The molecule has 2 aliphatic carbocycles. The first-order valence-corrected chi connectivity index (χ1v) is 8.89. The van der Waals surface area contributed by atoms with Gasteiger partial charge >= 0.3 is 0 Å². The molecule has 0 radical (unpaired) electrons. The van der Waals surface area contributed by atoms with Crippen LogP contribution < -0.4 is 11.5 Å². The van der Waals surface area contributed by atoms with Crippen molar-refractivity contribution in [2.24, 2.45) is 16.5 Å². The number of aliphatic imine (C=N–C) groups is 1. The molecular formula is C19H31N3. The summed E-state index contributed by atoms with van der Waals surface area (Å²) in [7, 11) is 0. The van der Waals surface area contributed by atoms with E-state index in [-0.39, 0.29) is 5.96 Å². The lowest BCUT2D eigenvalue weighted by atomic mass is 9.84. The van der Waals surface area contributed by atoms with Crippen LogP contribution in [-0.2, 0) is 0 Å². The Hall–Kier alpha value is -1.51. The van der Waals surface area contributed by atoms with E-state index < -0.39 is 0 Å². The predicted octanol–water partition coefficient (Wildman–Crippen LogP) is 4.33. The third-order valence-electron chi connectivity index (χ3n) is 4.78. The third-order valence-corrected chi connectivity index (χ3v) is 4.78. The Balaban J connectivity index is 0.000000164. The number of nitrogens with two attached hydrogens (primary N) is 2. The maximum absolute atomic E-state index is 5.25. The summed E-state index contributed by atoms with van der Waals surface area (Å²) in [5.41, 5.74) is 12.1. The SMILES string of the molecule is NC(N)=NC1CCCCC1.c1ccc(C2CCCCC2)cc1. The lowest BCUT2D eigenvalue weighted by Crippen LogP contribution is -2.26. The van der Waals surface area contributed by atoms with E-state index in [1.165, 1.54) is 51.4 Å². The molecular weight excluding hydrogens is 270 g/mol. The molecule has 122 valence electrons. The minimum atomic E-state index is 0.243. The molecule has 0 aromatic heterocycles. The maximum Gasteiger partial charge on any atom is 0.186 e. The molecule has 0 aliphatic heterocycles. The number of benzene rings is 1. The Kier molecular flexibility index (Phi) is 7.27. The average Bonchev–Trinajstić information content (AvgIpc) is 2.57. The van der Waals surface area contributed by atoms with Gasteiger partial charge in [0.15, 0.2) is 5.96 Å². The minimum absolute atomic E-state index is 0.243. The normalized spacial score (nSPS) is 19.8. The van der Waals surface area contributed by atoms with Gasteiger partial charge in [-0.3, -0.25) is 4.99 Å². The lowest BCUT2D eigenvalue weighted by Gasteiger charge is -2.21. The van der Waals surface area contributed by atoms with E-state index in [1.807, 2.05) is 0 Å². The summed E-state index contributed by atoms with van der Waals surface area (Å²) in [6.45, 7) is 0. The van der Waals surface area contributed by atoms with Gasteiger partial charge < -0.3 is 11.5 Å². The first-order valence-electron chi connectivity index (χ1n) is 8.89. The van der Waals surface area contributed by atoms with Crippen molar-refractivity contribution in [2.75, 3.05) is 0 Å². The van der Waals surface area contributed by atoms with Gasteiger partial charge in [-0.25, -0.2) is 0 Å². The highest BCUT2D eigenvalue weighted by Crippen LogP contribution is 2.32. The second-order valence-corrected chi connectivity index (χ2v) is 6.59. The molecule has 0 amide bonds. The highest BCUT2D eigenvalue weighted by molar-refractivity contribution is 5.75. The van der Waals surface area contributed by atoms with Crippen molar-refractivity contribution in [3.8, 4) is 0 Å². The molecule has 0 saturated heterocycles. The number of guanidine groups is 1. The molecule has 22 heavy (non-hydrogen) atoms. The molecule has 1 aromatic rings. The highest BCUT2D eigenvalue weighted by Gasteiger charge is 2.14. The fourth-order valence-corrected chi connectivity index (χ4v) is 3.58. The molecule has 2 saturated carbocycles. The summed E-state index contributed by atoms with van der Waals surface area (Å²) in [6, 6.07) is 11.4. The number of nitrogens with zero attached hydrogens (tertiary/aromatic N) is 1. The lowest BCUT2D eigenvalue weighted by molar-refractivity contribution is 0.443. The van der Waals surface area contributed by atoms with E-state index in [9.17, 15) is 0 Å². The Morgan fingerprint density at radius 3 is 1.86 bits per heavy atom. The Labute approximate surface area is 135 Å². The Morgan fingerprint density at radius 1 is 0.773 bits per heavy atom. The summed E-state index contributed by atoms with van der Waals surface area (Å²) in [4.78, 5) is 4.11. The topological polar surface area (TPSA) is 64.4 Å². The second kappa shape index (κ2) is 9.50. The van der Waals surface area contributed by atoms with Gasteiger partial charge in [0.25, 0.3) is 0 Å². The number of hydrogen-bond acceptors (Lipinski definition) is 1. The average molecular weight is 301 g/mol. The number of hydrogen-bond donors (Lipinski definition) is 2. The Bertz CT molecular complexity index is 425. The summed E-state index contributed by atoms with van der Waals surface area (Å²) in [6.07, 6.45) is 13.4. The van der Waals surface area contributed by atoms with Crippen LogP contribution in [0.4, 0.5) is 0 Å². The predicted molar refractivity (Wildman–Crippen MR) is 95.0 cm³/mol. The largest absolute Gasteiger partial charge is 0.370 e. The van der Waals surface area contributed by atoms with Gasteiger partial charge in [-0.2, -0.15) is 0 Å². The molecule has 3 heteroatoms. The van der Waals surface area contributed by atoms with Crippen LogP contribution in [0.25, 0.3) is 0 Å². The van der Waals surface area contributed by atoms with Crippen LogP contribution >= 0.6 is 0 Å². The van der Waals surface area contributed by atoms with Crippen molar-refractivity contribution >= 4 is 5.96 Å². The van der Waals surface area contributed by atoms with Gasteiger partial charge in [0.05, 0.1) is 6.04 Å². The van der Waals surface area contributed by atoms with E-state index in [0.717, 1.165) is 18.8 Å². The van der Waals surface area contributed by atoms with Crippen LogP contribution in [0.2, 0.25) is 0 Å². The molecule has 3 nitrogen and oxygen atoms in total. The summed E-state index contributed by atoms with van der Waals surface area (Å²) in [5.74, 6) is 1.10. The molecule has 1 aromatic carbocycles. The zero-order chi connectivity index (χ0) is 15.6. The maximum atomic E-state index is 5.25. The van der Waals surface area contributed by atoms with E-state index in [0.29, 0.717) is 6.04 Å². The highest BCUT2D eigenvalue weighted by atomic mass is 15.0. The van der Waals surface area contributed by atoms with Crippen molar-refractivity contribution in [3.63, 3.8) is 0 Å². The minimum Gasteiger partial charge on any atom is -0.370 e. The van der Waals surface area contributed by atoms with Crippen molar-refractivity contribution in [1.29, 1.82) is 0 Å². The summed E-state index contributed by atoms with van der Waals surface area (Å²) >= 11 is 0. The van der Waals surface area contributed by atoms with Crippen molar-refractivity contribution < 1.29 is 0 Å². The number of rotatable bonds is 2.